The van der Waals surface area contributed by atoms with Crippen molar-refractivity contribution in [3.8, 4) is 28.1 Å². The number of rotatable bonds is 3. The minimum atomic E-state index is 0.752. The SMILES string of the molecule is Clc1ccc(-c2ccn(-c3ccccc3)c2-c2ccccc2)cc1. The van der Waals surface area contributed by atoms with Crippen LogP contribution in [0, 0.1) is 0 Å². The molecule has 24 heavy (non-hydrogen) atoms. The van der Waals surface area contributed by atoms with Crippen LogP contribution in [0.2, 0.25) is 5.02 Å². The Hall–Kier alpha value is -2.77. The fourth-order valence-corrected chi connectivity index (χ4v) is 3.12. The molecule has 0 saturated carbocycles. The average Bonchev–Trinajstić information content (AvgIpc) is 3.09. The zero-order chi connectivity index (χ0) is 16.4. The highest BCUT2D eigenvalue weighted by Crippen LogP contribution is 2.35. The highest BCUT2D eigenvalue weighted by atomic mass is 35.5. The van der Waals surface area contributed by atoms with Crippen LogP contribution in [-0.2, 0) is 0 Å². The number of halogens is 1. The van der Waals surface area contributed by atoms with Crippen LogP contribution in [0.1, 0.15) is 0 Å². The third-order valence-electron chi connectivity index (χ3n) is 4.12. The van der Waals surface area contributed by atoms with Crippen molar-refractivity contribution in [1.82, 2.24) is 4.57 Å². The summed E-state index contributed by atoms with van der Waals surface area (Å²) in [6.45, 7) is 0. The first kappa shape index (κ1) is 14.8. The molecule has 1 aromatic heterocycles. The molecule has 0 amide bonds. The van der Waals surface area contributed by atoms with E-state index >= 15 is 0 Å². The summed E-state index contributed by atoms with van der Waals surface area (Å²) in [6.07, 6.45) is 2.13. The second-order valence-corrected chi connectivity index (χ2v) is 6.09. The summed E-state index contributed by atoms with van der Waals surface area (Å²) in [4.78, 5) is 0. The molecule has 4 rings (SSSR count). The van der Waals surface area contributed by atoms with Crippen LogP contribution in [-0.4, -0.2) is 4.57 Å². The average molecular weight is 330 g/mol. The normalized spacial score (nSPS) is 10.7. The van der Waals surface area contributed by atoms with Gasteiger partial charge in [-0.2, -0.15) is 0 Å². The monoisotopic (exact) mass is 329 g/mol. The molecule has 0 saturated heterocycles. The number of benzene rings is 3. The van der Waals surface area contributed by atoms with E-state index in [0.717, 1.165) is 16.3 Å². The molecule has 116 valence electrons. The molecule has 0 radical (unpaired) electrons. The van der Waals surface area contributed by atoms with Crippen LogP contribution in [0.5, 0.6) is 0 Å². The fraction of sp³-hybridized carbons (Fsp3) is 0. The summed E-state index contributed by atoms with van der Waals surface area (Å²) in [6, 6.07) is 31.1. The van der Waals surface area contributed by atoms with E-state index in [9.17, 15) is 0 Å². The first-order valence-electron chi connectivity index (χ1n) is 7.91. The van der Waals surface area contributed by atoms with E-state index < -0.39 is 0 Å². The Morgan fingerprint density at radius 3 is 1.88 bits per heavy atom. The van der Waals surface area contributed by atoms with Gasteiger partial charge in [-0.3, -0.25) is 0 Å². The summed E-state index contributed by atoms with van der Waals surface area (Å²) in [5, 5.41) is 0.752. The highest BCUT2D eigenvalue weighted by Gasteiger charge is 2.14. The standard InChI is InChI=1S/C22H16ClN/c23-19-13-11-17(12-14-19)21-15-16-24(20-9-5-2-6-10-20)22(21)18-7-3-1-4-8-18/h1-16H. The molecule has 0 aliphatic heterocycles. The lowest BCUT2D eigenvalue weighted by Gasteiger charge is -2.12. The molecule has 0 aliphatic rings. The molecule has 0 N–H and O–H groups in total. The van der Waals surface area contributed by atoms with Gasteiger partial charge in [0.05, 0.1) is 5.69 Å². The summed E-state index contributed by atoms with van der Waals surface area (Å²) in [5.41, 5.74) is 5.88. The zero-order valence-electron chi connectivity index (χ0n) is 13.1. The van der Waals surface area contributed by atoms with Crippen LogP contribution >= 0.6 is 11.6 Å². The van der Waals surface area contributed by atoms with E-state index in [1.165, 1.54) is 16.8 Å². The molecular weight excluding hydrogens is 314 g/mol. The topological polar surface area (TPSA) is 4.93 Å². The first-order chi connectivity index (χ1) is 11.8. The Morgan fingerprint density at radius 1 is 0.583 bits per heavy atom. The van der Waals surface area contributed by atoms with E-state index in [2.05, 4.69) is 77.5 Å². The smallest absolute Gasteiger partial charge is 0.0606 e. The van der Waals surface area contributed by atoms with Crippen molar-refractivity contribution in [2.24, 2.45) is 0 Å². The van der Waals surface area contributed by atoms with Crippen molar-refractivity contribution < 1.29 is 0 Å². The largest absolute Gasteiger partial charge is 0.316 e. The molecule has 2 heteroatoms. The van der Waals surface area contributed by atoms with Gasteiger partial charge in [0.2, 0.25) is 0 Å². The molecule has 4 aromatic rings. The summed E-state index contributed by atoms with van der Waals surface area (Å²) in [7, 11) is 0. The van der Waals surface area contributed by atoms with Gasteiger partial charge in [-0.15, -0.1) is 0 Å². The maximum Gasteiger partial charge on any atom is 0.0606 e. The molecule has 1 heterocycles. The van der Waals surface area contributed by atoms with Crippen LogP contribution in [0.3, 0.4) is 0 Å². The van der Waals surface area contributed by atoms with E-state index in [1.807, 2.05) is 24.3 Å². The molecule has 0 fully saturated rings. The number of para-hydroxylation sites is 1. The van der Waals surface area contributed by atoms with Crippen molar-refractivity contribution >= 4 is 11.6 Å². The summed E-state index contributed by atoms with van der Waals surface area (Å²) in [5.74, 6) is 0. The maximum atomic E-state index is 6.05. The summed E-state index contributed by atoms with van der Waals surface area (Å²) < 4.78 is 2.24. The minimum absolute atomic E-state index is 0.752. The third kappa shape index (κ3) is 2.75. The van der Waals surface area contributed by atoms with Crippen molar-refractivity contribution in [3.63, 3.8) is 0 Å². The van der Waals surface area contributed by atoms with Crippen LogP contribution in [0.25, 0.3) is 28.1 Å². The van der Waals surface area contributed by atoms with Crippen LogP contribution in [0.4, 0.5) is 0 Å². The second-order valence-electron chi connectivity index (χ2n) is 5.66. The first-order valence-corrected chi connectivity index (χ1v) is 8.29. The molecule has 0 atom stereocenters. The van der Waals surface area contributed by atoms with Crippen molar-refractivity contribution in [2.75, 3.05) is 0 Å². The Labute approximate surface area is 146 Å². The molecular formula is C22H16ClN. The van der Waals surface area contributed by atoms with Gasteiger partial charge in [-0.25, -0.2) is 0 Å². The maximum absolute atomic E-state index is 6.05. The zero-order valence-corrected chi connectivity index (χ0v) is 13.8. The predicted molar refractivity (Wildman–Crippen MR) is 102 cm³/mol. The lowest BCUT2D eigenvalue weighted by atomic mass is 10.0. The Balaban J connectivity index is 1.95. The van der Waals surface area contributed by atoms with E-state index in [-0.39, 0.29) is 0 Å². The quantitative estimate of drug-likeness (QED) is 0.406. The van der Waals surface area contributed by atoms with Gasteiger partial charge in [-0.05, 0) is 41.5 Å². The predicted octanol–water partition coefficient (Wildman–Crippen LogP) is 6.46. The molecule has 3 aromatic carbocycles. The molecule has 0 aliphatic carbocycles. The molecule has 0 unspecified atom stereocenters. The second kappa shape index (κ2) is 6.38. The van der Waals surface area contributed by atoms with E-state index in [4.69, 9.17) is 11.6 Å². The third-order valence-corrected chi connectivity index (χ3v) is 4.38. The van der Waals surface area contributed by atoms with Gasteiger partial charge in [0.1, 0.15) is 0 Å². The molecule has 0 spiro atoms. The number of hydrogen-bond acceptors (Lipinski definition) is 0. The van der Waals surface area contributed by atoms with Gasteiger partial charge in [0, 0.05) is 22.5 Å². The Morgan fingerprint density at radius 2 is 1.21 bits per heavy atom. The Kier molecular flexibility index (Phi) is 3.94. The van der Waals surface area contributed by atoms with Crippen LogP contribution in [0.15, 0.2) is 97.2 Å². The lowest BCUT2D eigenvalue weighted by molar-refractivity contribution is 1.09. The van der Waals surface area contributed by atoms with Gasteiger partial charge in [0.15, 0.2) is 0 Å². The Bertz CT molecular complexity index is 938. The lowest BCUT2D eigenvalue weighted by Crippen LogP contribution is -1.95. The van der Waals surface area contributed by atoms with Crippen molar-refractivity contribution in [2.45, 2.75) is 0 Å². The number of nitrogens with zero attached hydrogens (tertiary/aromatic N) is 1. The van der Waals surface area contributed by atoms with E-state index in [1.54, 1.807) is 0 Å². The van der Waals surface area contributed by atoms with Gasteiger partial charge >= 0.3 is 0 Å². The fourth-order valence-electron chi connectivity index (χ4n) is 2.99. The van der Waals surface area contributed by atoms with E-state index in [0.29, 0.717) is 0 Å². The van der Waals surface area contributed by atoms with Crippen molar-refractivity contribution in [1.29, 1.82) is 0 Å². The minimum Gasteiger partial charge on any atom is -0.316 e. The number of aromatic nitrogens is 1. The van der Waals surface area contributed by atoms with Gasteiger partial charge in [-0.1, -0.05) is 72.3 Å². The van der Waals surface area contributed by atoms with Gasteiger partial charge < -0.3 is 4.57 Å². The van der Waals surface area contributed by atoms with Gasteiger partial charge in [0.25, 0.3) is 0 Å². The van der Waals surface area contributed by atoms with Crippen molar-refractivity contribution in [3.05, 3.63) is 102 Å². The van der Waals surface area contributed by atoms with Crippen LogP contribution < -0.4 is 0 Å². The molecule has 0 bridgehead atoms. The molecule has 1 nitrogen and oxygen atoms in total. The highest BCUT2D eigenvalue weighted by molar-refractivity contribution is 6.30. The summed E-state index contributed by atoms with van der Waals surface area (Å²) >= 11 is 6.05. The number of hydrogen-bond donors (Lipinski definition) is 0.